The summed E-state index contributed by atoms with van der Waals surface area (Å²) in [6.45, 7) is 2.68. The van der Waals surface area contributed by atoms with Crippen LogP contribution in [0.3, 0.4) is 0 Å². The molecule has 3 atom stereocenters. The van der Waals surface area contributed by atoms with Gasteiger partial charge in [-0.3, -0.25) is 19.7 Å². The summed E-state index contributed by atoms with van der Waals surface area (Å²) in [5.41, 5.74) is 1.98. The number of nitrogens with one attached hydrogen (secondary N) is 2. The zero-order valence-electron chi connectivity index (χ0n) is 27.4. The summed E-state index contributed by atoms with van der Waals surface area (Å²) >= 11 is 0. The van der Waals surface area contributed by atoms with Gasteiger partial charge in [0, 0.05) is 18.3 Å². The molecule has 1 heterocycles. The van der Waals surface area contributed by atoms with E-state index in [1.165, 1.54) is 31.2 Å². The van der Waals surface area contributed by atoms with Crippen molar-refractivity contribution in [2.24, 2.45) is 11.7 Å². The molecule has 4 rings (SSSR count). The standard InChI is InChI=1S/C33H35F3N4O9S/c1-5-33(21-14-18(38-32(45)49-4)8-10-27(21)50(46,47)6-2)20(31(43)44)11-12-40(33)30(42)28(17-7-9-22(34)26(13-17)48-3)39-25-15-19(29(37)41)23(35)16-24(25)36/h7-10,13-16,20,28,39H,5-6,11-12H2,1-4H3,(H2,37,41)(H,38,45)(H,43,44)/t20-,28?,33-/m1/s1. The lowest BCUT2D eigenvalue weighted by Crippen LogP contribution is -2.52. The molecular weight excluding hydrogens is 685 g/mol. The van der Waals surface area contributed by atoms with Crippen LogP contribution in [-0.4, -0.2) is 68.8 Å². The van der Waals surface area contributed by atoms with E-state index in [0.717, 1.165) is 37.3 Å². The van der Waals surface area contributed by atoms with Crippen molar-refractivity contribution in [2.45, 2.75) is 43.2 Å². The maximum atomic E-state index is 15.2. The first-order chi connectivity index (χ1) is 23.6. The number of sulfone groups is 1. The van der Waals surface area contributed by atoms with E-state index in [9.17, 15) is 41.5 Å². The van der Waals surface area contributed by atoms with Crippen molar-refractivity contribution in [1.29, 1.82) is 0 Å². The normalized spacial score (nSPS) is 17.9. The smallest absolute Gasteiger partial charge is 0.411 e. The predicted molar refractivity (Wildman–Crippen MR) is 174 cm³/mol. The lowest BCUT2D eigenvalue weighted by molar-refractivity contribution is -0.148. The van der Waals surface area contributed by atoms with E-state index in [1.807, 2.05) is 0 Å². The van der Waals surface area contributed by atoms with Crippen molar-refractivity contribution < 1.29 is 55.3 Å². The van der Waals surface area contributed by atoms with E-state index in [1.54, 1.807) is 6.92 Å². The molecule has 3 aromatic carbocycles. The Balaban J connectivity index is 2.02. The Morgan fingerprint density at radius 1 is 1.02 bits per heavy atom. The van der Waals surface area contributed by atoms with Crippen LogP contribution >= 0.6 is 0 Å². The highest BCUT2D eigenvalue weighted by Crippen LogP contribution is 2.50. The Morgan fingerprint density at radius 2 is 1.72 bits per heavy atom. The zero-order chi connectivity index (χ0) is 37.1. The highest BCUT2D eigenvalue weighted by atomic mass is 32.2. The molecule has 268 valence electrons. The summed E-state index contributed by atoms with van der Waals surface area (Å²) in [6.07, 6.45) is -1.24. The number of methoxy groups -OCH3 is 2. The number of likely N-dealkylation sites (tertiary alicyclic amines) is 1. The lowest BCUT2D eigenvalue weighted by atomic mass is 9.76. The summed E-state index contributed by atoms with van der Waals surface area (Å²) in [5, 5.41) is 15.6. The van der Waals surface area contributed by atoms with E-state index < -0.39 is 85.7 Å². The van der Waals surface area contributed by atoms with Crippen LogP contribution in [0.4, 0.5) is 29.3 Å². The van der Waals surface area contributed by atoms with E-state index in [4.69, 9.17) is 10.5 Å². The van der Waals surface area contributed by atoms with E-state index in [2.05, 4.69) is 15.4 Å². The molecule has 0 radical (unpaired) electrons. The van der Waals surface area contributed by atoms with Crippen LogP contribution in [0.25, 0.3) is 0 Å². The molecule has 1 aliphatic heterocycles. The molecule has 50 heavy (non-hydrogen) atoms. The van der Waals surface area contributed by atoms with Crippen LogP contribution in [0.15, 0.2) is 53.4 Å². The number of halogens is 3. The molecule has 5 N–H and O–H groups in total. The maximum absolute atomic E-state index is 15.2. The first kappa shape index (κ1) is 37.5. The largest absolute Gasteiger partial charge is 0.494 e. The first-order valence-corrected chi connectivity index (χ1v) is 16.9. The molecule has 0 aromatic heterocycles. The molecule has 0 bridgehead atoms. The molecule has 0 aliphatic carbocycles. The fourth-order valence-corrected chi connectivity index (χ4v) is 7.48. The van der Waals surface area contributed by atoms with Crippen LogP contribution in [0.5, 0.6) is 5.75 Å². The Kier molecular flexibility index (Phi) is 11.0. The minimum atomic E-state index is -4.10. The van der Waals surface area contributed by atoms with Gasteiger partial charge in [-0.05, 0) is 60.4 Å². The van der Waals surface area contributed by atoms with Crippen molar-refractivity contribution in [2.75, 3.05) is 37.2 Å². The third-order valence-electron chi connectivity index (χ3n) is 8.77. The molecule has 1 saturated heterocycles. The summed E-state index contributed by atoms with van der Waals surface area (Å²) in [6, 6.07) is 6.45. The van der Waals surface area contributed by atoms with Gasteiger partial charge in [-0.1, -0.05) is 19.9 Å². The number of primary amides is 1. The third-order valence-corrected chi connectivity index (χ3v) is 10.6. The second-order valence-electron chi connectivity index (χ2n) is 11.3. The summed E-state index contributed by atoms with van der Waals surface area (Å²) in [4.78, 5) is 52.7. The number of rotatable bonds is 12. The van der Waals surface area contributed by atoms with E-state index in [-0.39, 0.29) is 46.8 Å². The number of aliphatic carboxylic acids is 1. The quantitative estimate of drug-likeness (QED) is 0.206. The molecule has 0 spiro atoms. The second-order valence-corrected chi connectivity index (χ2v) is 13.6. The highest BCUT2D eigenvalue weighted by molar-refractivity contribution is 7.91. The van der Waals surface area contributed by atoms with E-state index >= 15 is 4.39 Å². The summed E-state index contributed by atoms with van der Waals surface area (Å²) in [7, 11) is -1.83. The zero-order valence-corrected chi connectivity index (χ0v) is 28.2. The van der Waals surface area contributed by atoms with Crippen LogP contribution in [-0.2, 0) is 29.7 Å². The molecule has 13 nitrogen and oxygen atoms in total. The van der Waals surface area contributed by atoms with Gasteiger partial charge in [0.1, 0.15) is 17.7 Å². The number of carboxylic acid groups (broad SMARTS) is 1. The molecule has 1 fully saturated rings. The van der Waals surface area contributed by atoms with Crippen molar-refractivity contribution >= 4 is 45.1 Å². The van der Waals surface area contributed by atoms with Crippen molar-refractivity contribution in [3.63, 3.8) is 0 Å². The average Bonchev–Trinajstić information content (AvgIpc) is 3.48. The van der Waals surface area contributed by atoms with Crippen molar-refractivity contribution in [3.8, 4) is 5.75 Å². The molecular formula is C33H35F3N4O9S. The Morgan fingerprint density at radius 3 is 2.30 bits per heavy atom. The molecule has 1 unspecified atom stereocenters. The number of carbonyl (C=O) groups is 4. The summed E-state index contributed by atoms with van der Waals surface area (Å²) in [5.74, 6) is -8.97. The van der Waals surface area contributed by atoms with Gasteiger partial charge in [0.2, 0.25) is 5.91 Å². The molecule has 3 amide bonds. The van der Waals surface area contributed by atoms with Gasteiger partial charge >= 0.3 is 12.1 Å². The number of carbonyl (C=O) groups excluding carboxylic acids is 3. The number of nitrogens with two attached hydrogens (primary N) is 1. The Hall–Kier alpha value is -5.32. The van der Waals surface area contributed by atoms with Gasteiger partial charge < -0.3 is 30.5 Å². The van der Waals surface area contributed by atoms with Gasteiger partial charge in [0.05, 0.1) is 47.6 Å². The van der Waals surface area contributed by atoms with Gasteiger partial charge in [0.15, 0.2) is 21.4 Å². The SMILES string of the molecule is CC[C@]1(c2cc(NC(=O)OC)ccc2S(=O)(=O)CC)[C@@H](C(=O)O)CCN1C(=O)C(Nc1cc(C(N)=O)c(F)cc1F)c1ccc(F)c(OC)c1. The van der Waals surface area contributed by atoms with Crippen molar-refractivity contribution in [3.05, 3.63) is 82.7 Å². The number of anilines is 2. The minimum Gasteiger partial charge on any atom is -0.494 e. The van der Waals surface area contributed by atoms with Crippen LogP contribution < -0.4 is 21.1 Å². The number of carboxylic acids is 1. The fourth-order valence-electron chi connectivity index (χ4n) is 6.32. The number of nitrogens with zero attached hydrogens (tertiary/aromatic N) is 1. The molecule has 0 saturated carbocycles. The number of amides is 3. The van der Waals surface area contributed by atoms with Gasteiger partial charge in [0.25, 0.3) is 5.91 Å². The van der Waals surface area contributed by atoms with Gasteiger partial charge in [-0.2, -0.15) is 0 Å². The highest BCUT2D eigenvalue weighted by Gasteiger charge is 2.56. The number of hydrogen-bond acceptors (Lipinski definition) is 9. The van der Waals surface area contributed by atoms with Crippen molar-refractivity contribution in [1.82, 2.24) is 4.90 Å². The third kappa shape index (κ3) is 6.90. The Labute approximate surface area is 285 Å². The molecule has 1 aliphatic rings. The number of hydrogen-bond donors (Lipinski definition) is 4. The Bertz CT molecular complexity index is 1960. The first-order valence-electron chi connectivity index (χ1n) is 15.2. The monoisotopic (exact) mass is 720 g/mol. The van der Waals surface area contributed by atoms with Crippen LogP contribution in [0.2, 0.25) is 0 Å². The van der Waals surface area contributed by atoms with Crippen LogP contribution in [0, 0.1) is 23.4 Å². The topological polar surface area (TPSA) is 194 Å². The molecule has 17 heteroatoms. The van der Waals surface area contributed by atoms with Crippen LogP contribution in [0.1, 0.15) is 54.2 Å². The molecule has 3 aromatic rings. The maximum Gasteiger partial charge on any atom is 0.411 e. The number of ether oxygens (including phenoxy) is 2. The number of benzene rings is 3. The fraction of sp³-hybridized carbons (Fsp3) is 0.333. The summed E-state index contributed by atoms with van der Waals surface area (Å²) < 4.78 is 80.9. The lowest BCUT2D eigenvalue weighted by Gasteiger charge is -2.43. The second kappa shape index (κ2) is 14.7. The minimum absolute atomic E-state index is 0.0242. The average molecular weight is 721 g/mol. The van der Waals surface area contributed by atoms with Gasteiger partial charge in [-0.15, -0.1) is 0 Å². The predicted octanol–water partition coefficient (Wildman–Crippen LogP) is 4.58. The van der Waals surface area contributed by atoms with Gasteiger partial charge in [-0.25, -0.2) is 26.4 Å². The van der Waals surface area contributed by atoms with E-state index in [0.29, 0.717) is 6.07 Å².